The Bertz CT molecular complexity index is 1290. The number of piperidine rings is 1. The lowest BCUT2D eigenvalue weighted by Gasteiger charge is -2.30. The van der Waals surface area contributed by atoms with Crippen LogP contribution in [0.15, 0.2) is 59.8 Å². The van der Waals surface area contributed by atoms with E-state index < -0.39 is 10.0 Å². The summed E-state index contributed by atoms with van der Waals surface area (Å²) < 4.78 is 36.3. The standard InChI is InChI=1S/C20H21N7O3S/c1-30-19-8-7-18-22-23-20(27(18)24-19)15-9-13-25(14-10-15)31(28,29)17-5-3-16(4-6-17)26-12-2-11-21-26/h2-8,11-12,15H,9-10,13-14H2,1H3. The van der Waals surface area contributed by atoms with Gasteiger partial charge < -0.3 is 4.74 Å². The molecule has 10 nitrogen and oxygen atoms in total. The smallest absolute Gasteiger partial charge is 0.243 e. The summed E-state index contributed by atoms with van der Waals surface area (Å²) >= 11 is 0. The summed E-state index contributed by atoms with van der Waals surface area (Å²) in [5.41, 5.74) is 1.45. The SMILES string of the molecule is COc1ccc2nnc(C3CCN(S(=O)(=O)c4ccc(-n5cccn5)cc4)CC3)n2n1. The summed E-state index contributed by atoms with van der Waals surface area (Å²) in [6, 6.07) is 12.1. The van der Waals surface area contributed by atoms with E-state index in [1.165, 1.54) is 4.31 Å². The summed E-state index contributed by atoms with van der Waals surface area (Å²) in [5.74, 6) is 1.28. The van der Waals surface area contributed by atoms with Crippen molar-refractivity contribution in [3.05, 3.63) is 60.7 Å². The van der Waals surface area contributed by atoms with Gasteiger partial charge in [0.05, 0.1) is 17.7 Å². The van der Waals surface area contributed by atoms with E-state index in [9.17, 15) is 8.42 Å². The summed E-state index contributed by atoms with van der Waals surface area (Å²) in [6.45, 7) is 0.819. The molecule has 1 aromatic carbocycles. The number of methoxy groups -OCH3 is 1. The van der Waals surface area contributed by atoms with E-state index in [-0.39, 0.29) is 10.8 Å². The van der Waals surface area contributed by atoms with Gasteiger partial charge in [-0.3, -0.25) is 0 Å². The number of aromatic nitrogens is 6. The number of nitrogens with zero attached hydrogens (tertiary/aromatic N) is 7. The Morgan fingerprint density at radius 2 is 1.81 bits per heavy atom. The molecule has 11 heteroatoms. The number of hydrogen-bond donors (Lipinski definition) is 0. The Hall–Kier alpha value is -3.31. The van der Waals surface area contributed by atoms with Crippen LogP contribution in [0, 0.1) is 0 Å². The first-order valence-electron chi connectivity index (χ1n) is 9.93. The number of ether oxygens (including phenoxy) is 1. The third-order valence-electron chi connectivity index (χ3n) is 5.53. The molecule has 0 spiro atoms. The van der Waals surface area contributed by atoms with Gasteiger partial charge in [-0.25, -0.2) is 13.1 Å². The zero-order valence-corrected chi connectivity index (χ0v) is 17.7. The minimum absolute atomic E-state index is 0.0725. The van der Waals surface area contributed by atoms with Crippen molar-refractivity contribution >= 4 is 15.7 Å². The molecular weight excluding hydrogens is 418 g/mol. The first kappa shape index (κ1) is 19.6. The van der Waals surface area contributed by atoms with Crippen LogP contribution in [0.3, 0.4) is 0 Å². The highest BCUT2D eigenvalue weighted by molar-refractivity contribution is 7.89. The molecule has 0 N–H and O–H groups in total. The molecule has 0 unspecified atom stereocenters. The van der Waals surface area contributed by atoms with Crippen LogP contribution in [0.1, 0.15) is 24.6 Å². The van der Waals surface area contributed by atoms with Crippen molar-refractivity contribution in [2.24, 2.45) is 0 Å². The maximum Gasteiger partial charge on any atom is 0.243 e. The zero-order chi connectivity index (χ0) is 21.4. The van der Waals surface area contributed by atoms with Crippen molar-refractivity contribution in [3.8, 4) is 11.6 Å². The maximum atomic E-state index is 13.1. The number of benzene rings is 1. The molecule has 4 heterocycles. The second-order valence-electron chi connectivity index (χ2n) is 7.33. The first-order chi connectivity index (χ1) is 15.1. The van der Waals surface area contributed by atoms with E-state index in [0.717, 1.165) is 11.5 Å². The number of rotatable bonds is 5. The molecule has 1 fully saturated rings. The fourth-order valence-corrected chi connectivity index (χ4v) is 5.32. The minimum Gasteiger partial charge on any atom is -0.480 e. The minimum atomic E-state index is -3.57. The van der Waals surface area contributed by atoms with Crippen LogP contribution in [0.4, 0.5) is 0 Å². The van der Waals surface area contributed by atoms with Crippen molar-refractivity contribution in [1.29, 1.82) is 0 Å². The third kappa shape index (κ3) is 3.55. The van der Waals surface area contributed by atoms with Crippen LogP contribution in [-0.4, -0.2) is 62.5 Å². The van der Waals surface area contributed by atoms with Crippen molar-refractivity contribution in [2.75, 3.05) is 20.2 Å². The van der Waals surface area contributed by atoms with Gasteiger partial charge in [-0.1, -0.05) is 0 Å². The van der Waals surface area contributed by atoms with Gasteiger partial charge in [-0.2, -0.15) is 13.9 Å². The van der Waals surface area contributed by atoms with Crippen LogP contribution in [0.2, 0.25) is 0 Å². The molecule has 4 aromatic rings. The zero-order valence-electron chi connectivity index (χ0n) is 16.9. The van der Waals surface area contributed by atoms with E-state index in [1.54, 1.807) is 58.9 Å². The van der Waals surface area contributed by atoms with Gasteiger partial charge in [-0.05, 0) is 49.2 Å². The summed E-state index contributed by atoms with van der Waals surface area (Å²) in [4.78, 5) is 0.279. The molecule has 31 heavy (non-hydrogen) atoms. The fraction of sp³-hybridized carbons (Fsp3) is 0.300. The normalized spacial score (nSPS) is 16.0. The van der Waals surface area contributed by atoms with Crippen molar-refractivity contribution < 1.29 is 13.2 Å². The van der Waals surface area contributed by atoms with Crippen molar-refractivity contribution in [3.63, 3.8) is 0 Å². The van der Waals surface area contributed by atoms with Crippen LogP contribution in [0.25, 0.3) is 11.3 Å². The van der Waals surface area contributed by atoms with Gasteiger partial charge in [0.25, 0.3) is 0 Å². The van der Waals surface area contributed by atoms with E-state index in [1.807, 2.05) is 12.3 Å². The number of fused-ring (bicyclic) bond motifs is 1. The largest absolute Gasteiger partial charge is 0.480 e. The summed E-state index contributed by atoms with van der Waals surface area (Å²) in [7, 11) is -2.01. The molecule has 1 aliphatic heterocycles. The molecule has 0 radical (unpaired) electrons. The van der Waals surface area contributed by atoms with Crippen LogP contribution >= 0.6 is 0 Å². The molecule has 0 aliphatic carbocycles. The summed E-state index contributed by atoms with van der Waals surface area (Å²) in [6.07, 6.45) is 4.78. The monoisotopic (exact) mass is 439 g/mol. The second-order valence-corrected chi connectivity index (χ2v) is 9.26. The summed E-state index contributed by atoms with van der Waals surface area (Å²) in [5, 5.41) is 17.0. The molecule has 0 atom stereocenters. The second kappa shape index (κ2) is 7.75. The lowest BCUT2D eigenvalue weighted by atomic mass is 9.97. The molecule has 0 bridgehead atoms. The van der Waals surface area contributed by atoms with E-state index in [4.69, 9.17) is 4.74 Å². The van der Waals surface area contributed by atoms with Crippen molar-refractivity contribution in [2.45, 2.75) is 23.7 Å². The lowest BCUT2D eigenvalue weighted by molar-refractivity contribution is 0.310. The Morgan fingerprint density at radius 3 is 2.48 bits per heavy atom. The lowest BCUT2D eigenvalue weighted by Crippen LogP contribution is -2.38. The Morgan fingerprint density at radius 1 is 1.03 bits per heavy atom. The van der Waals surface area contributed by atoms with Gasteiger partial charge in [0.15, 0.2) is 11.5 Å². The fourth-order valence-electron chi connectivity index (χ4n) is 3.85. The average Bonchev–Trinajstić information content (AvgIpc) is 3.49. The molecule has 5 rings (SSSR count). The van der Waals surface area contributed by atoms with Crippen LogP contribution < -0.4 is 4.74 Å². The quantitative estimate of drug-likeness (QED) is 0.467. The highest BCUT2D eigenvalue weighted by Crippen LogP contribution is 2.30. The van der Waals surface area contributed by atoms with E-state index in [2.05, 4.69) is 20.4 Å². The molecule has 160 valence electrons. The van der Waals surface area contributed by atoms with Crippen molar-refractivity contribution in [1.82, 2.24) is 33.9 Å². The van der Waals surface area contributed by atoms with Gasteiger partial charge >= 0.3 is 0 Å². The molecule has 1 saturated heterocycles. The third-order valence-corrected chi connectivity index (χ3v) is 7.45. The highest BCUT2D eigenvalue weighted by atomic mass is 32.2. The van der Waals surface area contributed by atoms with Gasteiger partial charge in [0.1, 0.15) is 0 Å². The Kier molecular flexibility index (Phi) is 4.91. The first-order valence-corrected chi connectivity index (χ1v) is 11.4. The maximum absolute atomic E-state index is 13.1. The number of hydrogen-bond acceptors (Lipinski definition) is 7. The highest BCUT2D eigenvalue weighted by Gasteiger charge is 2.32. The van der Waals surface area contributed by atoms with Gasteiger partial charge in [-0.15, -0.1) is 15.3 Å². The average molecular weight is 440 g/mol. The molecular formula is C20H21N7O3S. The Balaban J connectivity index is 1.32. The van der Waals surface area contributed by atoms with Gasteiger partial charge in [0.2, 0.25) is 15.9 Å². The predicted octanol–water partition coefficient (Wildman–Crippen LogP) is 1.89. The molecule has 3 aromatic heterocycles. The number of sulfonamides is 1. The molecule has 0 saturated carbocycles. The topological polar surface area (TPSA) is 108 Å². The van der Waals surface area contributed by atoms with Crippen LogP contribution in [0.5, 0.6) is 5.88 Å². The van der Waals surface area contributed by atoms with Gasteiger partial charge in [0, 0.05) is 37.5 Å². The van der Waals surface area contributed by atoms with E-state index in [0.29, 0.717) is 37.5 Å². The molecule has 0 amide bonds. The van der Waals surface area contributed by atoms with E-state index >= 15 is 0 Å². The van der Waals surface area contributed by atoms with Crippen LogP contribution in [-0.2, 0) is 10.0 Å². The predicted molar refractivity (Wildman–Crippen MR) is 112 cm³/mol. The molecule has 1 aliphatic rings. The Labute approximate surface area is 179 Å².